The van der Waals surface area contributed by atoms with Crippen molar-refractivity contribution in [1.29, 1.82) is 0 Å². The lowest BCUT2D eigenvalue weighted by Gasteiger charge is -2.07. The molecule has 0 bridgehead atoms. The van der Waals surface area contributed by atoms with Gasteiger partial charge in [-0.15, -0.1) is 0 Å². The third-order valence-electron chi connectivity index (χ3n) is 2.56. The summed E-state index contributed by atoms with van der Waals surface area (Å²) in [5, 5.41) is 12.3. The van der Waals surface area contributed by atoms with E-state index in [1.807, 2.05) is 30.3 Å². The smallest absolute Gasteiger partial charge is 0.170 e. The summed E-state index contributed by atoms with van der Waals surface area (Å²) in [5.74, 6) is 0.705. The van der Waals surface area contributed by atoms with Crippen LogP contribution in [0.2, 0.25) is 5.02 Å². The molecule has 98 valence electrons. The summed E-state index contributed by atoms with van der Waals surface area (Å²) in [6, 6.07) is 14.5. The molecule has 4 nitrogen and oxygen atoms in total. The highest BCUT2D eigenvalue weighted by Gasteiger charge is 2.02. The molecule has 0 aliphatic rings. The number of rotatable bonds is 4. The van der Waals surface area contributed by atoms with Gasteiger partial charge in [0.2, 0.25) is 0 Å². The SMILES string of the molecule is N/C(=N\O)c1cccc(OCc2ccc(Cl)cc2)c1. The van der Waals surface area contributed by atoms with E-state index in [4.69, 9.17) is 27.3 Å². The first kappa shape index (κ1) is 13.2. The van der Waals surface area contributed by atoms with Gasteiger partial charge in [0.25, 0.3) is 0 Å². The second-order valence-corrected chi connectivity index (χ2v) is 4.36. The van der Waals surface area contributed by atoms with Crippen LogP contribution in [0.15, 0.2) is 53.7 Å². The molecule has 0 saturated heterocycles. The minimum absolute atomic E-state index is 0.0527. The molecule has 0 heterocycles. The van der Waals surface area contributed by atoms with E-state index in [-0.39, 0.29) is 5.84 Å². The Balaban J connectivity index is 2.05. The normalized spacial score (nSPS) is 11.3. The molecular formula is C14H13ClN2O2. The first-order valence-electron chi connectivity index (χ1n) is 5.64. The summed E-state index contributed by atoms with van der Waals surface area (Å²) in [7, 11) is 0. The lowest BCUT2D eigenvalue weighted by molar-refractivity contribution is 0.306. The van der Waals surface area contributed by atoms with Gasteiger partial charge in [0.1, 0.15) is 12.4 Å². The van der Waals surface area contributed by atoms with E-state index in [2.05, 4.69) is 5.16 Å². The Morgan fingerprint density at radius 2 is 1.95 bits per heavy atom. The average Bonchev–Trinajstić information content (AvgIpc) is 2.46. The van der Waals surface area contributed by atoms with Crippen molar-refractivity contribution < 1.29 is 9.94 Å². The molecule has 5 heteroatoms. The highest BCUT2D eigenvalue weighted by Crippen LogP contribution is 2.16. The second-order valence-electron chi connectivity index (χ2n) is 3.93. The first-order valence-corrected chi connectivity index (χ1v) is 6.02. The number of hydrogen-bond acceptors (Lipinski definition) is 3. The van der Waals surface area contributed by atoms with Gasteiger partial charge in [0, 0.05) is 10.6 Å². The fourth-order valence-corrected chi connectivity index (χ4v) is 1.68. The van der Waals surface area contributed by atoms with Crippen molar-refractivity contribution in [2.24, 2.45) is 10.9 Å². The van der Waals surface area contributed by atoms with Crippen LogP contribution >= 0.6 is 11.6 Å². The summed E-state index contributed by atoms with van der Waals surface area (Å²) in [6.07, 6.45) is 0. The predicted molar refractivity (Wildman–Crippen MR) is 74.7 cm³/mol. The van der Waals surface area contributed by atoms with Crippen LogP contribution in [0.4, 0.5) is 0 Å². The Morgan fingerprint density at radius 1 is 1.21 bits per heavy atom. The Labute approximate surface area is 116 Å². The Kier molecular flexibility index (Phi) is 4.26. The molecule has 0 unspecified atom stereocenters. The zero-order valence-corrected chi connectivity index (χ0v) is 10.8. The number of nitrogens with two attached hydrogens (primary N) is 1. The third kappa shape index (κ3) is 3.63. The molecular weight excluding hydrogens is 264 g/mol. The zero-order valence-electron chi connectivity index (χ0n) is 10.1. The van der Waals surface area contributed by atoms with E-state index >= 15 is 0 Å². The minimum atomic E-state index is 0.0527. The van der Waals surface area contributed by atoms with Crippen molar-refractivity contribution in [3.63, 3.8) is 0 Å². The lowest BCUT2D eigenvalue weighted by atomic mass is 10.2. The molecule has 2 aromatic carbocycles. The molecule has 0 fully saturated rings. The summed E-state index contributed by atoms with van der Waals surface area (Å²) in [5.41, 5.74) is 7.14. The number of ether oxygens (including phenoxy) is 1. The van der Waals surface area contributed by atoms with Gasteiger partial charge in [0.05, 0.1) is 0 Å². The van der Waals surface area contributed by atoms with Crippen molar-refractivity contribution in [1.82, 2.24) is 0 Å². The fraction of sp³-hybridized carbons (Fsp3) is 0.0714. The molecule has 2 rings (SSSR count). The Bertz CT molecular complexity index is 582. The zero-order chi connectivity index (χ0) is 13.7. The van der Waals surface area contributed by atoms with Crippen LogP contribution in [-0.2, 0) is 6.61 Å². The molecule has 0 amide bonds. The van der Waals surface area contributed by atoms with Crippen LogP contribution in [0.3, 0.4) is 0 Å². The fourth-order valence-electron chi connectivity index (χ4n) is 1.55. The van der Waals surface area contributed by atoms with Crippen LogP contribution in [0.1, 0.15) is 11.1 Å². The maximum atomic E-state index is 8.62. The molecule has 0 aromatic heterocycles. The number of halogens is 1. The maximum absolute atomic E-state index is 8.62. The van der Waals surface area contributed by atoms with Crippen LogP contribution in [0.25, 0.3) is 0 Å². The van der Waals surface area contributed by atoms with E-state index in [9.17, 15) is 0 Å². The summed E-state index contributed by atoms with van der Waals surface area (Å²) >= 11 is 5.81. The molecule has 0 aliphatic heterocycles. The van der Waals surface area contributed by atoms with Gasteiger partial charge in [-0.3, -0.25) is 0 Å². The lowest BCUT2D eigenvalue weighted by Crippen LogP contribution is -2.12. The van der Waals surface area contributed by atoms with Gasteiger partial charge in [0.15, 0.2) is 5.84 Å². The van der Waals surface area contributed by atoms with Crippen molar-refractivity contribution in [2.45, 2.75) is 6.61 Å². The largest absolute Gasteiger partial charge is 0.489 e. The monoisotopic (exact) mass is 276 g/mol. The number of amidine groups is 1. The molecule has 0 radical (unpaired) electrons. The van der Waals surface area contributed by atoms with Crippen molar-refractivity contribution in [3.05, 3.63) is 64.7 Å². The standard InChI is InChI=1S/C14H13ClN2O2/c15-12-6-4-10(5-7-12)9-19-13-3-1-2-11(8-13)14(16)17-18/h1-8,18H,9H2,(H2,16,17). The van der Waals surface area contributed by atoms with Crippen LogP contribution < -0.4 is 10.5 Å². The van der Waals surface area contributed by atoms with E-state index in [0.717, 1.165) is 5.56 Å². The topological polar surface area (TPSA) is 67.8 Å². The van der Waals surface area contributed by atoms with Gasteiger partial charge in [-0.25, -0.2) is 0 Å². The van der Waals surface area contributed by atoms with Gasteiger partial charge in [-0.1, -0.05) is 41.0 Å². The molecule has 3 N–H and O–H groups in total. The minimum Gasteiger partial charge on any atom is -0.489 e. The quantitative estimate of drug-likeness (QED) is 0.390. The van der Waals surface area contributed by atoms with Gasteiger partial charge >= 0.3 is 0 Å². The highest BCUT2D eigenvalue weighted by atomic mass is 35.5. The molecule has 0 aliphatic carbocycles. The third-order valence-corrected chi connectivity index (χ3v) is 2.81. The summed E-state index contributed by atoms with van der Waals surface area (Å²) < 4.78 is 5.63. The van der Waals surface area contributed by atoms with Gasteiger partial charge in [-0.05, 0) is 29.8 Å². The van der Waals surface area contributed by atoms with E-state index < -0.39 is 0 Å². The molecule has 0 spiro atoms. The average molecular weight is 277 g/mol. The van der Waals surface area contributed by atoms with Crippen molar-refractivity contribution in [2.75, 3.05) is 0 Å². The maximum Gasteiger partial charge on any atom is 0.170 e. The Hall–Kier alpha value is -2.20. The summed E-state index contributed by atoms with van der Waals surface area (Å²) in [4.78, 5) is 0. The molecule has 0 saturated carbocycles. The van der Waals surface area contributed by atoms with Crippen molar-refractivity contribution >= 4 is 17.4 Å². The van der Waals surface area contributed by atoms with Crippen LogP contribution in [0, 0.1) is 0 Å². The second kappa shape index (κ2) is 6.11. The number of oxime groups is 1. The highest BCUT2D eigenvalue weighted by molar-refractivity contribution is 6.30. The van der Waals surface area contributed by atoms with Gasteiger partial charge < -0.3 is 15.7 Å². The number of nitrogens with zero attached hydrogens (tertiary/aromatic N) is 1. The number of benzene rings is 2. The first-order chi connectivity index (χ1) is 9.19. The van der Waals surface area contributed by atoms with Crippen LogP contribution in [-0.4, -0.2) is 11.0 Å². The van der Waals surface area contributed by atoms with Gasteiger partial charge in [-0.2, -0.15) is 0 Å². The summed E-state index contributed by atoms with van der Waals surface area (Å²) in [6.45, 7) is 0.427. The molecule has 19 heavy (non-hydrogen) atoms. The van der Waals surface area contributed by atoms with Crippen LogP contribution in [0.5, 0.6) is 5.75 Å². The predicted octanol–water partition coefficient (Wildman–Crippen LogP) is 3.01. The molecule has 0 atom stereocenters. The number of hydrogen-bond donors (Lipinski definition) is 2. The van der Waals surface area contributed by atoms with Crippen molar-refractivity contribution in [3.8, 4) is 5.75 Å². The van der Waals surface area contributed by atoms with E-state index in [1.165, 1.54) is 0 Å². The molecule has 2 aromatic rings. The van der Waals surface area contributed by atoms with E-state index in [0.29, 0.717) is 22.9 Å². The van der Waals surface area contributed by atoms with E-state index in [1.54, 1.807) is 18.2 Å². The Morgan fingerprint density at radius 3 is 2.63 bits per heavy atom.